The molecular formula is C19H21ClFN3O2. The third kappa shape index (κ3) is 4.49. The minimum atomic E-state index is -0.400. The van der Waals surface area contributed by atoms with E-state index in [1.807, 2.05) is 4.90 Å². The maximum Gasteiger partial charge on any atom is 0.266 e. The molecule has 3 rings (SSSR count). The highest BCUT2D eigenvalue weighted by atomic mass is 35.5. The number of aryl methyl sites for hydroxylation is 1. The van der Waals surface area contributed by atoms with Crippen LogP contribution in [0.25, 0.3) is 0 Å². The molecule has 2 aromatic rings. The molecule has 0 saturated carbocycles. The highest BCUT2D eigenvalue weighted by Crippen LogP contribution is 2.24. The first-order chi connectivity index (χ1) is 12.4. The van der Waals surface area contributed by atoms with Crippen molar-refractivity contribution in [3.8, 4) is 0 Å². The molecule has 0 radical (unpaired) electrons. The summed E-state index contributed by atoms with van der Waals surface area (Å²) in [6.07, 6.45) is 2.85. The fraction of sp³-hybridized carbons (Fsp3) is 0.421. The van der Waals surface area contributed by atoms with E-state index in [2.05, 4.69) is 5.10 Å². The number of hydrogen-bond donors (Lipinski definition) is 0. The average Bonchev–Trinajstić information content (AvgIpc) is 2.62. The first-order valence-electron chi connectivity index (χ1n) is 8.67. The van der Waals surface area contributed by atoms with Gasteiger partial charge in [0.05, 0.1) is 17.1 Å². The second kappa shape index (κ2) is 7.99. The molecule has 1 aromatic heterocycles. The van der Waals surface area contributed by atoms with Crippen molar-refractivity contribution < 1.29 is 9.18 Å². The van der Waals surface area contributed by atoms with Gasteiger partial charge < -0.3 is 4.90 Å². The number of rotatable bonds is 4. The molecule has 0 unspecified atom stereocenters. The van der Waals surface area contributed by atoms with Crippen molar-refractivity contribution in [3.63, 3.8) is 0 Å². The van der Waals surface area contributed by atoms with Crippen LogP contribution in [0.4, 0.5) is 4.39 Å². The van der Waals surface area contributed by atoms with E-state index in [1.54, 1.807) is 25.2 Å². The third-order valence-corrected chi connectivity index (χ3v) is 5.11. The predicted molar refractivity (Wildman–Crippen MR) is 97.6 cm³/mol. The molecule has 0 aliphatic carbocycles. The van der Waals surface area contributed by atoms with Crippen LogP contribution in [0.3, 0.4) is 0 Å². The quantitative estimate of drug-likeness (QED) is 0.823. The smallest absolute Gasteiger partial charge is 0.266 e. The average molecular weight is 378 g/mol. The maximum atomic E-state index is 13.2. The lowest BCUT2D eigenvalue weighted by molar-refractivity contribution is -0.131. The Labute approximate surface area is 156 Å². The summed E-state index contributed by atoms with van der Waals surface area (Å²) in [5.74, 6) is 0.0820. The van der Waals surface area contributed by atoms with Crippen LogP contribution in [0, 0.1) is 11.7 Å². The van der Waals surface area contributed by atoms with E-state index in [4.69, 9.17) is 11.6 Å². The first kappa shape index (κ1) is 18.6. The Morgan fingerprint density at radius 2 is 2.00 bits per heavy atom. The molecule has 1 aliphatic heterocycles. The Hall–Kier alpha value is -2.21. The van der Waals surface area contributed by atoms with Gasteiger partial charge >= 0.3 is 0 Å². The van der Waals surface area contributed by atoms with E-state index < -0.39 is 5.82 Å². The number of amides is 1. The van der Waals surface area contributed by atoms with Gasteiger partial charge in [0, 0.05) is 26.2 Å². The van der Waals surface area contributed by atoms with E-state index >= 15 is 0 Å². The van der Waals surface area contributed by atoms with Gasteiger partial charge in [-0.15, -0.1) is 0 Å². The van der Waals surface area contributed by atoms with Crippen LogP contribution < -0.4 is 5.56 Å². The molecule has 1 saturated heterocycles. The minimum Gasteiger partial charge on any atom is -0.342 e. The van der Waals surface area contributed by atoms with Gasteiger partial charge in [0.1, 0.15) is 5.82 Å². The lowest BCUT2D eigenvalue weighted by Crippen LogP contribution is -2.40. The number of carbonyl (C=O) groups excluding carboxylic acids is 1. The summed E-state index contributed by atoms with van der Waals surface area (Å²) in [5, 5.41) is 4.26. The Morgan fingerprint density at radius 1 is 1.27 bits per heavy atom. The molecule has 1 aromatic carbocycles. The molecule has 2 heterocycles. The molecule has 7 heteroatoms. The molecule has 1 aliphatic rings. The molecule has 0 spiro atoms. The van der Waals surface area contributed by atoms with Gasteiger partial charge in [0.2, 0.25) is 5.91 Å². The molecule has 1 amide bonds. The lowest BCUT2D eigenvalue weighted by atomic mass is 9.90. The van der Waals surface area contributed by atoms with Crippen LogP contribution in [0.5, 0.6) is 0 Å². The number of hydrogen-bond acceptors (Lipinski definition) is 3. The number of likely N-dealkylation sites (tertiary alicyclic amines) is 1. The summed E-state index contributed by atoms with van der Waals surface area (Å²) in [5.41, 5.74) is 1.43. The van der Waals surface area contributed by atoms with Crippen LogP contribution in [-0.4, -0.2) is 33.7 Å². The molecule has 1 fully saturated rings. The summed E-state index contributed by atoms with van der Waals surface area (Å²) >= 11 is 5.84. The van der Waals surface area contributed by atoms with Gasteiger partial charge in [0.25, 0.3) is 5.56 Å². The van der Waals surface area contributed by atoms with E-state index in [-0.39, 0.29) is 22.9 Å². The van der Waals surface area contributed by atoms with Crippen LogP contribution in [0.15, 0.2) is 35.1 Å². The Morgan fingerprint density at radius 3 is 2.65 bits per heavy atom. The molecule has 0 N–H and O–H groups in total. The van der Waals surface area contributed by atoms with Crippen molar-refractivity contribution >= 4 is 17.5 Å². The number of halogens is 2. The van der Waals surface area contributed by atoms with Gasteiger partial charge in [-0.25, -0.2) is 9.07 Å². The number of carbonyl (C=O) groups is 1. The SMILES string of the molecule is Cn1nc(CC(=O)N2CCC(Cc3ccc(F)c(Cl)c3)CC2)ccc1=O. The zero-order chi connectivity index (χ0) is 18.7. The number of benzene rings is 1. The molecule has 0 bridgehead atoms. The summed E-state index contributed by atoms with van der Waals surface area (Å²) in [6, 6.07) is 7.88. The van der Waals surface area contributed by atoms with Crippen LogP contribution in [-0.2, 0) is 24.7 Å². The predicted octanol–water partition coefficient (Wildman–Crippen LogP) is 2.60. The Bertz CT molecular complexity index is 860. The van der Waals surface area contributed by atoms with E-state index in [0.29, 0.717) is 24.7 Å². The fourth-order valence-corrected chi connectivity index (χ4v) is 3.50. The van der Waals surface area contributed by atoms with E-state index in [0.717, 1.165) is 24.8 Å². The Balaban J connectivity index is 1.52. The van der Waals surface area contributed by atoms with Gasteiger partial charge in [-0.05, 0) is 48.9 Å². The van der Waals surface area contributed by atoms with Gasteiger partial charge in [-0.1, -0.05) is 17.7 Å². The normalized spacial score (nSPS) is 15.3. The molecular weight excluding hydrogens is 357 g/mol. The van der Waals surface area contributed by atoms with E-state index in [1.165, 1.54) is 16.8 Å². The molecule has 26 heavy (non-hydrogen) atoms. The van der Waals surface area contributed by atoms with Gasteiger partial charge in [0.15, 0.2) is 0 Å². The van der Waals surface area contributed by atoms with Crippen LogP contribution in [0.2, 0.25) is 5.02 Å². The third-order valence-electron chi connectivity index (χ3n) is 4.82. The summed E-state index contributed by atoms with van der Waals surface area (Å²) in [4.78, 5) is 25.7. The zero-order valence-corrected chi connectivity index (χ0v) is 15.4. The largest absolute Gasteiger partial charge is 0.342 e. The topological polar surface area (TPSA) is 55.2 Å². The highest BCUT2D eigenvalue weighted by molar-refractivity contribution is 6.30. The second-order valence-electron chi connectivity index (χ2n) is 6.74. The molecule has 138 valence electrons. The summed E-state index contributed by atoms with van der Waals surface area (Å²) in [7, 11) is 1.57. The molecule has 0 atom stereocenters. The minimum absolute atomic E-state index is 0.0272. The van der Waals surface area contributed by atoms with Crippen molar-refractivity contribution in [2.45, 2.75) is 25.7 Å². The van der Waals surface area contributed by atoms with Crippen molar-refractivity contribution in [2.24, 2.45) is 13.0 Å². The standard InChI is InChI=1S/C19H21ClFN3O2/c1-23-18(25)5-3-15(22-23)12-19(26)24-8-6-13(7-9-24)10-14-2-4-17(21)16(20)11-14/h2-5,11,13H,6-10,12H2,1H3. The zero-order valence-electron chi connectivity index (χ0n) is 14.6. The lowest BCUT2D eigenvalue weighted by Gasteiger charge is -2.32. The highest BCUT2D eigenvalue weighted by Gasteiger charge is 2.23. The number of piperidine rings is 1. The number of aromatic nitrogens is 2. The van der Waals surface area contributed by atoms with Crippen molar-refractivity contribution in [1.82, 2.24) is 14.7 Å². The van der Waals surface area contributed by atoms with Crippen molar-refractivity contribution in [1.29, 1.82) is 0 Å². The van der Waals surface area contributed by atoms with E-state index in [9.17, 15) is 14.0 Å². The summed E-state index contributed by atoms with van der Waals surface area (Å²) < 4.78 is 14.5. The second-order valence-corrected chi connectivity index (χ2v) is 7.15. The summed E-state index contributed by atoms with van der Waals surface area (Å²) in [6.45, 7) is 1.40. The van der Waals surface area contributed by atoms with Crippen LogP contribution in [0.1, 0.15) is 24.1 Å². The maximum absolute atomic E-state index is 13.2. The molecule has 5 nitrogen and oxygen atoms in total. The Kier molecular flexibility index (Phi) is 5.71. The monoisotopic (exact) mass is 377 g/mol. The van der Waals surface area contributed by atoms with Gasteiger partial charge in [-0.3, -0.25) is 9.59 Å². The van der Waals surface area contributed by atoms with Crippen LogP contribution >= 0.6 is 11.6 Å². The van der Waals surface area contributed by atoms with Gasteiger partial charge in [-0.2, -0.15) is 5.10 Å². The fourth-order valence-electron chi connectivity index (χ4n) is 3.30. The van der Waals surface area contributed by atoms with Crippen molar-refractivity contribution in [2.75, 3.05) is 13.1 Å². The number of nitrogens with zero attached hydrogens (tertiary/aromatic N) is 3. The first-order valence-corrected chi connectivity index (χ1v) is 9.05. The van der Waals surface area contributed by atoms with Crippen molar-refractivity contribution in [3.05, 3.63) is 62.8 Å².